The maximum Gasteiger partial charge on any atom is 0.282 e. The third-order valence-electron chi connectivity index (χ3n) is 4.66. The molecule has 6 nitrogen and oxygen atoms in total. The first-order chi connectivity index (χ1) is 8.66. The lowest BCUT2D eigenvalue weighted by atomic mass is 9.87. The van der Waals surface area contributed by atoms with Crippen LogP contribution in [0, 0.1) is 5.92 Å². The summed E-state index contributed by atoms with van der Waals surface area (Å²) in [4.78, 5) is 0. The van der Waals surface area contributed by atoms with Gasteiger partial charge in [-0.3, -0.25) is 0 Å². The molecule has 5 rings (SSSR count). The molecule has 18 heavy (non-hydrogen) atoms. The molecule has 0 amide bonds. The van der Waals surface area contributed by atoms with Gasteiger partial charge in [0.05, 0.1) is 32.0 Å². The van der Waals surface area contributed by atoms with E-state index >= 15 is 0 Å². The maximum absolute atomic E-state index is 12.7. The Morgan fingerprint density at radius 1 is 1.11 bits per heavy atom. The van der Waals surface area contributed by atoms with E-state index < -0.39 is 10.2 Å². The van der Waals surface area contributed by atoms with Crippen molar-refractivity contribution >= 4 is 10.2 Å². The summed E-state index contributed by atoms with van der Waals surface area (Å²) in [6.45, 7) is 2.63. The molecule has 0 spiro atoms. The highest BCUT2D eigenvalue weighted by atomic mass is 32.2. The van der Waals surface area contributed by atoms with Crippen LogP contribution in [0.5, 0.6) is 0 Å². The van der Waals surface area contributed by atoms with Gasteiger partial charge < -0.3 is 9.47 Å². The monoisotopic (exact) mass is 274 g/mol. The number of hydrogen-bond acceptors (Lipinski definition) is 4. The van der Waals surface area contributed by atoms with Gasteiger partial charge in [0.2, 0.25) is 0 Å². The molecule has 0 radical (unpaired) electrons. The Balaban J connectivity index is 1.61. The van der Waals surface area contributed by atoms with Crippen LogP contribution in [0.1, 0.15) is 12.8 Å². The molecule has 0 aromatic carbocycles. The summed E-state index contributed by atoms with van der Waals surface area (Å²) in [5.74, 6) is 0.599. The lowest BCUT2D eigenvalue weighted by molar-refractivity contribution is -0.0204. The average Bonchev–Trinajstić information content (AvgIpc) is 3.01. The molecule has 2 bridgehead atoms. The van der Waals surface area contributed by atoms with E-state index in [1.54, 1.807) is 8.61 Å². The van der Waals surface area contributed by atoms with Gasteiger partial charge in [-0.05, 0) is 18.8 Å². The lowest BCUT2D eigenvalue weighted by Gasteiger charge is -2.38. The maximum atomic E-state index is 12.7. The molecule has 4 heterocycles. The molecule has 5 fully saturated rings. The predicted octanol–water partition coefficient (Wildman–Crippen LogP) is -0.575. The number of morpholine rings is 1. The molecule has 4 aliphatic heterocycles. The fraction of sp³-hybridized carbons (Fsp3) is 1.00. The number of rotatable bonds is 2. The first kappa shape index (κ1) is 11.6. The molecule has 0 aromatic heterocycles. The van der Waals surface area contributed by atoms with Crippen LogP contribution in [-0.4, -0.2) is 68.1 Å². The van der Waals surface area contributed by atoms with E-state index in [2.05, 4.69) is 0 Å². The van der Waals surface area contributed by atoms with Crippen LogP contribution in [-0.2, 0) is 19.7 Å². The second-order valence-corrected chi connectivity index (χ2v) is 7.53. The minimum atomic E-state index is -3.32. The Morgan fingerprint density at radius 3 is 2.67 bits per heavy atom. The van der Waals surface area contributed by atoms with Gasteiger partial charge in [-0.15, -0.1) is 0 Å². The van der Waals surface area contributed by atoms with Crippen LogP contribution in [0.25, 0.3) is 0 Å². The summed E-state index contributed by atoms with van der Waals surface area (Å²) in [6, 6.07) is 0.130. The van der Waals surface area contributed by atoms with Crippen molar-refractivity contribution in [2.24, 2.45) is 5.92 Å². The molecule has 1 aliphatic carbocycles. The molecule has 5 aliphatic rings. The Bertz CT molecular complexity index is 448. The summed E-state index contributed by atoms with van der Waals surface area (Å²) < 4.78 is 39.7. The van der Waals surface area contributed by atoms with E-state index in [9.17, 15) is 8.42 Å². The van der Waals surface area contributed by atoms with Crippen molar-refractivity contribution in [3.63, 3.8) is 0 Å². The summed E-state index contributed by atoms with van der Waals surface area (Å²) in [5, 5.41) is 0. The van der Waals surface area contributed by atoms with Gasteiger partial charge in [0.1, 0.15) is 0 Å². The van der Waals surface area contributed by atoms with Crippen LogP contribution in [0.4, 0.5) is 0 Å². The topological polar surface area (TPSA) is 59.1 Å². The Labute approximate surface area is 107 Å². The van der Waals surface area contributed by atoms with Crippen LogP contribution in [0.15, 0.2) is 0 Å². The fourth-order valence-electron chi connectivity index (χ4n) is 3.60. The van der Waals surface area contributed by atoms with Crippen molar-refractivity contribution < 1.29 is 17.9 Å². The molecule has 0 unspecified atom stereocenters. The summed E-state index contributed by atoms with van der Waals surface area (Å²) in [5.41, 5.74) is 0. The fourth-order valence-corrected chi connectivity index (χ4v) is 5.66. The number of ether oxygens (including phenoxy) is 2. The predicted molar refractivity (Wildman–Crippen MR) is 63.2 cm³/mol. The van der Waals surface area contributed by atoms with Crippen molar-refractivity contribution in [3.05, 3.63) is 0 Å². The van der Waals surface area contributed by atoms with E-state index in [-0.39, 0.29) is 18.2 Å². The van der Waals surface area contributed by atoms with Crippen molar-refractivity contribution in [2.75, 3.05) is 32.9 Å². The lowest BCUT2D eigenvalue weighted by Crippen LogP contribution is -2.57. The Kier molecular flexibility index (Phi) is 2.51. The summed E-state index contributed by atoms with van der Waals surface area (Å²) in [6.07, 6.45) is 2.02. The van der Waals surface area contributed by atoms with Crippen LogP contribution in [0.3, 0.4) is 0 Å². The first-order valence-corrected chi connectivity index (χ1v) is 8.04. The molecule has 102 valence electrons. The van der Waals surface area contributed by atoms with E-state index in [0.717, 1.165) is 12.8 Å². The summed E-state index contributed by atoms with van der Waals surface area (Å²) >= 11 is 0. The molecule has 2 atom stereocenters. The van der Waals surface area contributed by atoms with Gasteiger partial charge in [0.15, 0.2) is 0 Å². The van der Waals surface area contributed by atoms with Crippen molar-refractivity contribution in [1.82, 2.24) is 8.61 Å². The average molecular weight is 274 g/mol. The molecular weight excluding hydrogens is 256 g/mol. The van der Waals surface area contributed by atoms with Crippen molar-refractivity contribution in [3.8, 4) is 0 Å². The summed E-state index contributed by atoms with van der Waals surface area (Å²) in [7, 11) is -3.32. The normalized spacial score (nSPS) is 44.9. The zero-order chi connectivity index (χ0) is 12.3. The second kappa shape index (κ2) is 3.89. The highest BCUT2D eigenvalue weighted by molar-refractivity contribution is 7.86. The third-order valence-corrected chi connectivity index (χ3v) is 6.75. The van der Waals surface area contributed by atoms with Gasteiger partial charge in [0.25, 0.3) is 10.2 Å². The number of hydrogen-bond donors (Lipinski definition) is 0. The Hall–Kier alpha value is -0.210. The minimum Gasteiger partial charge on any atom is -0.377 e. The largest absolute Gasteiger partial charge is 0.377 e. The van der Waals surface area contributed by atoms with E-state index in [1.165, 1.54) is 0 Å². The molecular formula is C11H18N2O4S. The van der Waals surface area contributed by atoms with Gasteiger partial charge in [-0.1, -0.05) is 0 Å². The van der Waals surface area contributed by atoms with E-state index in [4.69, 9.17) is 9.47 Å². The number of nitrogens with zero attached hydrogens (tertiary/aromatic N) is 2. The first-order valence-electron chi connectivity index (χ1n) is 6.64. The zero-order valence-corrected chi connectivity index (χ0v) is 11.0. The number of fused-ring (bicyclic) bond motifs is 2. The molecule has 1 saturated carbocycles. The van der Waals surface area contributed by atoms with Gasteiger partial charge >= 0.3 is 0 Å². The van der Waals surface area contributed by atoms with Crippen LogP contribution < -0.4 is 0 Å². The molecule has 0 aromatic rings. The van der Waals surface area contributed by atoms with Crippen LogP contribution in [0.2, 0.25) is 0 Å². The smallest absolute Gasteiger partial charge is 0.282 e. The SMILES string of the molecule is O=S(=O)(N1CC2CC1C2)N1CCO[C@@H]2COC[C@H]21. The minimum absolute atomic E-state index is 0.0777. The molecule has 4 saturated heterocycles. The Morgan fingerprint density at radius 2 is 1.94 bits per heavy atom. The second-order valence-electron chi connectivity index (χ2n) is 5.69. The van der Waals surface area contributed by atoms with Gasteiger partial charge in [0, 0.05) is 19.1 Å². The molecule has 0 N–H and O–H groups in total. The molecule has 7 heteroatoms. The van der Waals surface area contributed by atoms with E-state index in [1.807, 2.05) is 0 Å². The highest BCUT2D eigenvalue weighted by Gasteiger charge is 2.52. The van der Waals surface area contributed by atoms with Gasteiger partial charge in [-0.25, -0.2) is 0 Å². The standard InChI is InChI=1S/C11H18N2O4S/c14-18(15,13-5-8-3-9(13)4-8)12-1-2-17-11-7-16-6-10(11)12/h8-11H,1-7H2/t8?,9?,10-,11-/m1/s1. The van der Waals surface area contributed by atoms with Crippen molar-refractivity contribution in [1.29, 1.82) is 0 Å². The van der Waals surface area contributed by atoms with Crippen LogP contribution >= 0.6 is 0 Å². The van der Waals surface area contributed by atoms with Crippen molar-refractivity contribution in [2.45, 2.75) is 31.0 Å². The van der Waals surface area contributed by atoms with Gasteiger partial charge in [-0.2, -0.15) is 17.0 Å². The quantitative estimate of drug-likeness (QED) is 0.676. The zero-order valence-electron chi connectivity index (χ0n) is 10.2. The highest BCUT2D eigenvalue weighted by Crippen LogP contribution is 2.43. The third kappa shape index (κ3) is 1.51. The van der Waals surface area contributed by atoms with E-state index in [0.29, 0.717) is 38.8 Å².